The minimum Gasteiger partial charge on any atom is -0.508 e. The van der Waals surface area contributed by atoms with Gasteiger partial charge in [-0.05, 0) is 24.1 Å². The lowest BCUT2D eigenvalue weighted by Gasteiger charge is -2.17. The van der Waals surface area contributed by atoms with Crippen molar-refractivity contribution in [3.8, 4) is 5.75 Å². The van der Waals surface area contributed by atoms with Gasteiger partial charge in [-0.3, -0.25) is 10.1 Å². The zero-order valence-corrected chi connectivity index (χ0v) is 9.19. The van der Waals surface area contributed by atoms with Crippen LogP contribution < -0.4 is 5.32 Å². The molecule has 0 saturated heterocycles. The Bertz CT molecular complexity index is 397. The summed E-state index contributed by atoms with van der Waals surface area (Å²) in [6.45, 7) is 0. The average molecular weight is 263 g/mol. The van der Waals surface area contributed by atoms with E-state index in [0.717, 1.165) is 0 Å². The molecule has 1 rings (SSSR count). The second kappa shape index (κ2) is 6.25. The maximum absolute atomic E-state index is 12.7. The first-order valence-corrected chi connectivity index (χ1v) is 5.09. The van der Waals surface area contributed by atoms with Crippen molar-refractivity contribution in [2.75, 3.05) is 0 Å². The van der Waals surface area contributed by atoms with Gasteiger partial charge in [0.05, 0.1) is 0 Å². The van der Waals surface area contributed by atoms with Gasteiger partial charge in [-0.2, -0.15) is 0 Å². The van der Waals surface area contributed by atoms with Crippen LogP contribution in [0, 0.1) is 0 Å². The van der Waals surface area contributed by atoms with E-state index >= 15 is 0 Å². The molecule has 0 aliphatic rings. The Morgan fingerprint density at radius 3 is 2.22 bits per heavy atom. The molecule has 100 valence electrons. The van der Waals surface area contributed by atoms with Gasteiger partial charge in [0.25, 0.3) is 6.43 Å². The number of hydrogen-bond donors (Lipinski definition) is 3. The van der Waals surface area contributed by atoms with Crippen molar-refractivity contribution < 1.29 is 28.2 Å². The average Bonchev–Trinajstić information content (AvgIpc) is 2.30. The van der Waals surface area contributed by atoms with Crippen LogP contribution in [0.15, 0.2) is 24.3 Å². The van der Waals surface area contributed by atoms with Gasteiger partial charge < -0.3 is 10.2 Å². The van der Waals surface area contributed by atoms with Gasteiger partial charge in [0.1, 0.15) is 11.8 Å². The molecular weight excluding hydrogens is 251 g/mol. The molecule has 0 fully saturated rings. The maximum atomic E-state index is 12.7. The molecule has 0 bridgehead atoms. The first-order chi connectivity index (χ1) is 8.40. The third-order valence-corrected chi connectivity index (χ3v) is 2.26. The molecule has 1 aromatic rings. The molecule has 0 aliphatic carbocycles. The molecule has 2 atom stereocenters. The van der Waals surface area contributed by atoms with E-state index in [4.69, 9.17) is 10.2 Å². The number of nitrogens with one attached hydrogen (secondary N) is 1. The van der Waals surface area contributed by atoms with Crippen molar-refractivity contribution in [3.05, 3.63) is 29.8 Å². The van der Waals surface area contributed by atoms with Gasteiger partial charge in [0.15, 0.2) is 0 Å². The lowest BCUT2D eigenvalue weighted by molar-refractivity contribution is -0.140. The lowest BCUT2D eigenvalue weighted by atomic mass is 10.1. The van der Waals surface area contributed by atoms with E-state index in [9.17, 15) is 18.0 Å². The number of phenols is 1. The molecule has 0 saturated carbocycles. The van der Waals surface area contributed by atoms with Crippen LogP contribution in [0.2, 0.25) is 0 Å². The molecule has 3 N–H and O–H groups in total. The number of hydrogen-bond acceptors (Lipinski definition) is 3. The molecule has 0 radical (unpaired) electrons. The van der Waals surface area contributed by atoms with Crippen molar-refractivity contribution in [2.45, 2.75) is 25.2 Å². The second-order valence-corrected chi connectivity index (χ2v) is 3.66. The van der Waals surface area contributed by atoms with Crippen LogP contribution >= 0.6 is 0 Å². The van der Waals surface area contributed by atoms with E-state index in [-0.39, 0.29) is 12.2 Å². The highest BCUT2D eigenvalue weighted by Gasteiger charge is 2.27. The molecule has 0 spiro atoms. The number of carboxylic acid groups (broad SMARTS) is 1. The van der Waals surface area contributed by atoms with Crippen LogP contribution in [0.4, 0.5) is 13.2 Å². The van der Waals surface area contributed by atoms with Crippen LogP contribution in [0.25, 0.3) is 0 Å². The smallest absolute Gasteiger partial charge is 0.321 e. The molecule has 2 unspecified atom stereocenters. The van der Waals surface area contributed by atoms with Gasteiger partial charge in [-0.25, -0.2) is 13.2 Å². The Morgan fingerprint density at radius 2 is 1.78 bits per heavy atom. The number of aliphatic carboxylic acids is 1. The van der Waals surface area contributed by atoms with Crippen molar-refractivity contribution in [1.82, 2.24) is 5.32 Å². The predicted octanol–water partition coefficient (Wildman–Crippen LogP) is 1.54. The molecule has 0 aromatic heterocycles. The zero-order chi connectivity index (χ0) is 13.7. The fourth-order valence-electron chi connectivity index (χ4n) is 1.35. The largest absolute Gasteiger partial charge is 0.508 e. The Labute approximate surface area is 101 Å². The first-order valence-electron chi connectivity index (χ1n) is 5.09. The SMILES string of the molecule is O=C(O)C(Cc1ccc(O)cc1)NC(F)C(F)F. The minimum absolute atomic E-state index is 0.00506. The number of carboxylic acids is 1. The van der Waals surface area contributed by atoms with Crippen molar-refractivity contribution in [1.29, 1.82) is 0 Å². The molecule has 18 heavy (non-hydrogen) atoms. The van der Waals surface area contributed by atoms with Crippen molar-refractivity contribution in [2.24, 2.45) is 0 Å². The van der Waals surface area contributed by atoms with Crippen LogP contribution in [0.3, 0.4) is 0 Å². The second-order valence-electron chi connectivity index (χ2n) is 3.66. The summed E-state index contributed by atoms with van der Waals surface area (Å²) in [7, 11) is 0. The van der Waals surface area contributed by atoms with Gasteiger partial charge in [0.2, 0.25) is 6.30 Å². The number of phenolic OH excluding ortho intramolecular Hbond substituents is 1. The van der Waals surface area contributed by atoms with E-state index < -0.39 is 24.7 Å². The highest BCUT2D eigenvalue weighted by atomic mass is 19.3. The summed E-state index contributed by atoms with van der Waals surface area (Å²) in [6.07, 6.45) is -6.14. The minimum atomic E-state index is -3.29. The molecule has 0 heterocycles. The molecule has 7 heteroatoms. The number of alkyl halides is 3. The molecule has 4 nitrogen and oxygen atoms in total. The summed E-state index contributed by atoms with van der Waals surface area (Å²) in [6, 6.07) is 4.06. The molecule has 0 aliphatic heterocycles. The van der Waals surface area contributed by atoms with Crippen LogP contribution in [-0.2, 0) is 11.2 Å². The number of benzene rings is 1. The monoisotopic (exact) mass is 263 g/mol. The van der Waals surface area contributed by atoms with Gasteiger partial charge in [-0.1, -0.05) is 12.1 Å². The number of halogens is 3. The maximum Gasteiger partial charge on any atom is 0.321 e. The fourth-order valence-corrected chi connectivity index (χ4v) is 1.35. The van der Waals surface area contributed by atoms with E-state index in [1.807, 2.05) is 0 Å². The molecule has 1 aromatic carbocycles. The topological polar surface area (TPSA) is 69.6 Å². The Balaban J connectivity index is 2.69. The lowest BCUT2D eigenvalue weighted by Crippen LogP contribution is -2.45. The molecular formula is C11H12F3NO3. The normalized spacial score (nSPS) is 14.4. The Kier molecular flexibility index (Phi) is 4.96. The van der Waals surface area contributed by atoms with Crippen molar-refractivity contribution >= 4 is 5.97 Å². The van der Waals surface area contributed by atoms with E-state index in [1.54, 1.807) is 5.32 Å². The third kappa shape index (κ3) is 4.25. The zero-order valence-electron chi connectivity index (χ0n) is 9.19. The summed E-state index contributed by atoms with van der Waals surface area (Å²) in [5.74, 6) is -1.43. The number of aromatic hydroxyl groups is 1. The van der Waals surface area contributed by atoms with E-state index in [0.29, 0.717) is 5.56 Å². The summed E-state index contributed by atoms with van der Waals surface area (Å²) in [5.41, 5.74) is 0.481. The fraction of sp³-hybridized carbons (Fsp3) is 0.364. The summed E-state index contributed by atoms with van der Waals surface area (Å²) >= 11 is 0. The summed E-state index contributed by atoms with van der Waals surface area (Å²) < 4.78 is 36.7. The van der Waals surface area contributed by atoms with Crippen LogP contribution in [0.1, 0.15) is 5.56 Å². The third-order valence-electron chi connectivity index (χ3n) is 2.26. The summed E-state index contributed by atoms with van der Waals surface area (Å²) in [4.78, 5) is 10.8. The van der Waals surface area contributed by atoms with Crippen LogP contribution in [-0.4, -0.2) is 34.9 Å². The number of carbonyl (C=O) groups is 1. The quantitative estimate of drug-likeness (QED) is 0.681. The first kappa shape index (κ1) is 14.3. The standard InChI is InChI=1S/C11H12F3NO3/c12-9(13)10(14)15-8(11(17)18)5-6-1-3-7(16)4-2-6/h1-4,8-10,15-16H,5H2,(H,17,18). The summed E-state index contributed by atoms with van der Waals surface area (Å²) in [5, 5.41) is 19.5. The highest BCUT2D eigenvalue weighted by Crippen LogP contribution is 2.12. The Hall–Kier alpha value is -1.76. The van der Waals surface area contributed by atoms with E-state index in [2.05, 4.69) is 0 Å². The number of rotatable bonds is 6. The van der Waals surface area contributed by atoms with Gasteiger partial charge >= 0.3 is 5.97 Å². The Morgan fingerprint density at radius 1 is 1.22 bits per heavy atom. The predicted molar refractivity (Wildman–Crippen MR) is 57.3 cm³/mol. The highest BCUT2D eigenvalue weighted by molar-refractivity contribution is 5.74. The van der Waals surface area contributed by atoms with Crippen LogP contribution in [0.5, 0.6) is 5.75 Å². The molecule has 0 amide bonds. The van der Waals surface area contributed by atoms with Gasteiger partial charge in [0, 0.05) is 0 Å². The van der Waals surface area contributed by atoms with Crippen molar-refractivity contribution in [3.63, 3.8) is 0 Å². The van der Waals surface area contributed by atoms with Gasteiger partial charge in [-0.15, -0.1) is 0 Å². The van der Waals surface area contributed by atoms with E-state index in [1.165, 1.54) is 24.3 Å².